The molecule has 0 saturated heterocycles. The van der Waals surface area contributed by atoms with E-state index in [9.17, 15) is 14.4 Å². The van der Waals surface area contributed by atoms with E-state index in [0.29, 0.717) is 19.3 Å². The molecule has 6 nitrogen and oxygen atoms in total. The molecular formula is C59H102O6. The van der Waals surface area contributed by atoms with Gasteiger partial charge in [-0.15, -0.1) is 0 Å². The van der Waals surface area contributed by atoms with Crippen LogP contribution < -0.4 is 0 Å². The highest BCUT2D eigenvalue weighted by Crippen LogP contribution is 2.14. The summed E-state index contributed by atoms with van der Waals surface area (Å²) in [5.74, 6) is -0.925. The number of hydrogen-bond donors (Lipinski definition) is 0. The average Bonchev–Trinajstić information content (AvgIpc) is 3.30. The van der Waals surface area contributed by atoms with Crippen molar-refractivity contribution in [2.24, 2.45) is 0 Å². The fourth-order valence-corrected chi connectivity index (χ4v) is 7.59. The zero-order valence-corrected chi connectivity index (χ0v) is 42.7. The van der Waals surface area contributed by atoms with Crippen LogP contribution in [0.25, 0.3) is 0 Å². The largest absolute Gasteiger partial charge is 0.462 e. The van der Waals surface area contributed by atoms with E-state index in [1.165, 1.54) is 116 Å². The standard InChI is InChI=1S/C59H102O6/c1-4-7-10-13-16-19-22-25-27-29-31-32-34-37-40-43-46-49-52-58(61)64-55-56(54-63-57(60)51-48-45-42-39-36-24-21-18-15-12-9-6-3)65-59(62)53-50-47-44-41-38-35-33-30-28-26-23-20-17-14-11-8-5-2/h9,12,18,21-22,25-29,31-32,56H,4-8,10-11,13-17,19-20,23-24,30,33-55H2,1-3H3/b12-9-,21-18-,25-22-,28-26-,29-27-,32-31-. The van der Waals surface area contributed by atoms with Gasteiger partial charge in [0.1, 0.15) is 13.2 Å². The zero-order chi connectivity index (χ0) is 47.2. The van der Waals surface area contributed by atoms with E-state index >= 15 is 0 Å². The number of unbranched alkanes of at least 4 members (excludes halogenated alkanes) is 28. The molecule has 0 radical (unpaired) electrons. The Hall–Kier alpha value is -3.15. The van der Waals surface area contributed by atoms with Gasteiger partial charge >= 0.3 is 17.9 Å². The highest BCUT2D eigenvalue weighted by Gasteiger charge is 2.19. The minimum absolute atomic E-state index is 0.0913. The lowest BCUT2D eigenvalue weighted by molar-refractivity contribution is -0.167. The van der Waals surface area contributed by atoms with Gasteiger partial charge in [0.2, 0.25) is 0 Å². The van der Waals surface area contributed by atoms with Crippen molar-refractivity contribution in [3.8, 4) is 0 Å². The van der Waals surface area contributed by atoms with Crippen LogP contribution in [-0.2, 0) is 28.6 Å². The summed E-state index contributed by atoms with van der Waals surface area (Å²) in [7, 11) is 0. The van der Waals surface area contributed by atoms with Gasteiger partial charge in [-0.25, -0.2) is 0 Å². The quantitative estimate of drug-likeness (QED) is 0.0199. The summed E-state index contributed by atoms with van der Waals surface area (Å²) in [4.78, 5) is 38.0. The third-order valence-corrected chi connectivity index (χ3v) is 11.7. The first-order chi connectivity index (χ1) is 32.0. The zero-order valence-electron chi connectivity index (χ0n) is 42.7. The van der Waals surface area contributed by atoms with E-state index in [1.54, 1.807) is 0 Å². The molecule has 0 amide bonds. The van der Waals surface area contributed by atoms with Crippen molar-refractivity contribution in [2.75, 3.05) is 13.2 Å². The Morgan fingerprint density at radius 3 is 1.06 bits per heavy atom. The van der Waals surface area contributed by atoms with Gasteiger partial charge in [-0.2, -0.15) is 0 Å². The molecule has 0 N–H and O–H groups in total. The minimum atomic E-state index is -0.792. The molecule has 0 aromatic rings. The van der Waals surface area contributed by atoms with Gasteiger partial charge in [-0.1, -0.05) is 222 Å². The van der Waals surface area contributed by atoms with Gasteiger partial charge in [0.05, 0.1) is 0 Å². The molecule has 65 heavy (non-hydrogen) atoms. The summed E-state index contributed by atoms with van der Waals surface area (Å²) in [5, 5.41) is 0. The predicted octanol–water partition coefficient (Wildman–Crippen LogP) is 18.2. The number of ether oxygens (including phenoxy) is 3. The number of carbonyl (C=O) groups is 3. The number of rotatable bonds is 49. The molecule has 0 aliphatic carbocycles. The van der Waals surface area contributed by atoms with Crippen LogP contribution in [0.1, 0.15) is 265 Å². The molecule has 0 spiro atoms. The average molecular weight is 907 g/mol. The molecule has 0 aliphatic rings. The Morgan fingerprint density at radius 2 is 0.662 bits per heavy atom. The number of carbonyl (C=O) groups excluding carboxylic acids is 3. The summed E-state index contributed by atoms with van der Waals surface area (Å²) in [6.45, 7) is 6.49. The van der Waals surface area contributed by atoms with E-state index < -0.39 is 6.10 Å². The van der Waals surface area contributed by atoms with Gasteiger partial charge in [0.25, 0.3) is 0 Å². The first-order valence-corrected chi connectivity index (χ1v) is 27.5. The Bertz CT molecular complexity index is 1230. The van der Waals surface area contributed by atoms with Crippen LogP contribution in [0.4, 0.5) is 0 Å². The Morgan fingerprint density at radius 1 is 0.338 bits per heavy atom. The molecule has 0 aromatic heterocycles. The molecule has 0 fully saturated rings. The van der Waals surface area contributed by atoms with E-state index in [2.05, 4.69) is 93.7 Å². The van der Waals surface area contributed by atoms with Gasteiger partial charge in [0, 0.05) is 19.3 Å². The molecule has 374 valence electrons. The molecule has 6 heteroatoms. The van der Waals surface area contributed by atoms with E-state index in [4.69, 9.17) is 14.2 Å². The lowest BCUT2D eigenvalue weighted by atomic mass is 10.1. The molecule has 0 heterocycles. The Balaban J connectivity index is 4.42. The molecular weight excluding hydrogens is 805 g/mol. The van der Waals surface area contributed by atoms with Crippen LogP contribution in [0.2, 0.25) is 0 Å². The maximum Gasteiger partial charge on any atom is 0.306 e. The molecule has 0 bridgehead atoms. The third-order valence-electron chi connectivity index (χ3n) is 11.7. The fraction of sp³-hybridized carbons (Fsp3) is 0.746. The summed E-state index contributed by atoms with van der Waals surface area (Å²) in [6, 6.07) is 0. The number of allylic oxidation sites excluding steroid dienone is 12. The van der Waals surface area contributed by atoms with Crippen LogP contribution in [0, 0.1) is 0 Å². The maximum absolute atomic E-state index is 12.8. The monoisotopic (exact) mass is 907 g/mol. The lowest BCUT2D eigenvalue weighted by Crippen LogP contribution is -2.30. The Kier molecular flexibility index (Phi) is 50.9. The second kappa shape index (κ2) is 53.5. The topological polar surface area (TPSA) is 78.9 Å². The van der Waals surface area contributed by atoms with Gasteiger partial charge in [-0.05, 0) is 96.3 Å². The first-order valence-electron chi connectivity index (χ1n) is 27.5. The lowest BCUT2D eigenvalue weighted by Gasteiger charge is -2.18. The highest BCUT2D eigenvalue weighted by atomic mass is 16.6. The van der Waals surface area contributed by atoms with Crippen molar-refractivity contribution in [3.05, 3.63) is 72.9 Å². The van der Waals surface area contributed by atoms with Gasteiger partial charge < -0.3 is 14.2 Å². The molecule has 0 rings (SSSR count). The van der Waals surface area contributed by atoms with E-state index in [-0.39, 0.29) is 31.1 Å². The Labute approximate surface area is 402 Å². The van der Waals surface area contributed by atoms with Crippen molar-refractivity contribution in [1.82, 2.24) is 0 Å². The van der Waals surface area contributed by atoms with Crippen LogP contribution in [-0.4, -0.2) is 37.2 Å². The summed E-state index contributed by atoms with van der Waals surface area (Å²) < 4.78 is 16.8. The van der Waals surface area contributed by atoms with E-state index in [0.717, 1.165) is 109 Å². The van der Waals surface area contributed by atoms with Gasteiger partial charge in [0.15, 0.2) is 6.10 Å². The molecule has 0 aromatic carbocycles. The van der Waals surface area contributed by atoms with Crippen molar-refractivity contribution in [2.45, 2.75) is 271 Å². The van der Waals surface area contributed by atoms with Crippen molar-refractivity contribution < 1.29 is 28.6 Å². The van der Waals surface area contributed by atoms with E-state index in [1.807, 2.05) is 0 Å². The second-order valence-electron chi connectivity index (χ2n) is 18.2. The summed E-state index contributed by atoms with van der Waals surface area (Å²) in [6.07, 6.45) is 67.4. The minimum Gasteiger partial charge on any atom is -0.462 e. The smallest absolute Gasteiger partial charge is 0.306 e. The maximum atomic E-state index is 12.8. The molecule has 1 unspecified atom stereocenters. The molecule has 0 saturated carbocycles. The van der Waals surface area contributed by atoms with Crippen molar-refractivity contribution in [3.63, 3.8) is 0 Å². The van der Waals surface area contributed by atoms with Crippen LogP contribution in [0.5, 0.6) is 0 Å². The summed E-state index contributed by atoms with van der Waals surface area (Å²) in [5.41, 5.74) is 0. The number of esters is 3. The molecule has 1 atom stereocenters. The fourth-order valence-electron chi connectivity index (χ4n) is 7.59. The number of hydrogen-bond acceptors (Lipinski definition) is 6. The first kappa shape index (κ1) is 61.9. The normalized spacial score (nSPS) is 12.6. The van der Waals surface area contributed by atoms with Crippen LogP contribution >= 0.6 is 0 Å². The van der Waals surface area contributed by atoms with Crippen LogP contribution in [0.3, 0.4) is 0 Å². The van der Waals surface area contributed by atoms with Crippen LogP contribution in [0.15, 0.2) is 72.9 Å². The SMILES string of the molecule is CC/C=C\C/C=C\CCCCCCCC(=O)OCC(COC(=O)CCCCCCC\C=C/C=C\C=C/CCCCCCC)OC(=O)CCCCCCCCC/C=C\CCCCCCCC. The highest BCUT2D eigenvalue weighted by molar-refractivity contribution is 5.71. The summed E-state index contributed by atoms with van der Waals surface area (Å²) >= 11 is 0. The molecule has 0 aliphatic heterocycles. The van der Waals surface area contributed by atoms with Crippen molar-refractivity contribution >= 4 is 17.9 Å². The predicted molar refractivity (Wildman–Crippen MR) is 279 cm³/mol. The van der Waals surface area contributed by atoms with Crippen molar-refractivity contribution in [1.29, 1.82) is 0 Å². The second-order valence-corrected chi connectivity index (χ2v) is 18.2. The van der Waals surface area contributed by atoms with Gasteiger partial charge in [-0.3, -0.25) is 14.4 Å². The third kappa shape index (κ3) is 51.7.